The summed E-state index contributed by atoms with van der Waals surface area (Å²) in [4.78, 5) is 0. The van der Waals surface area contributed by atoms with Crippen molar-refractivity contribution >= 4 is 15.7 Å². The van der Waals surface area contributed by atoms with Gasteiger partial charge in [0, 0.05) is 19.3 Å². The molecule has 3 N–H and O–H groups in total. The molecule has 5 nitrogen and oxygen atoms in total. The minimum absolute atomic E-state index is 0.0808. The first kappa shape index (κ1) is 15.3. The number of sulfonamides is 1. The summed E-state index contributed by atoms with van der Waals surface area (Å²) in [7, 11) is -1.90. The summed E-state index contributed by atoms with van der Waals surface area (Å²) in [6.45, 7) is 0.214. The Hall–Kier alpha value is -2.05. The van der Waals surface area contributed by atoms with Crippen LogP contribution >= 0.6 is 0 Å². The van der Waals surface area contributed by atoms with Crippen molar-refractivity contribution in [2.75, 3.05) is 12.8 Å². The van der Waals surface area contributed by atoms with Gasteiger partial charge in [-0.2, -0.15) is 0 Å². The molecular formula is C15H18N2O3S. The van der Waals surface area contributed by atoms with Crippen LogP contribution in [0.15, 0.2) is 48.5 Å². The van der Waals surface area contributed by atoms with Crippen LogP contribution in [0.3, 0.4) is 0 Å². The quantitative estimate of drug-likeness (QED) is 0.827. The third-order valence-electron chi connectivity index (χ3n) is 3.12. The Bertz CT molecular complexity index is 712. The summed E-state index contributed by atoms with van der Waals surface area (Å²) >= 11 is 0. The van der Waals surface area contributed by atoms with Gasteiger partial charge in [-0.1, -0.05) is 24.3 Å². The molecule has 0 bridgehead atoms. The Labute approximate surface area is 124 Å². The molecule has 0 aromatic heterocycles. The lowest BCUT2D eigenvalue weighted by Gasteiger charge is -2.17. The first-order valence-electron chi connectivity index (χ1n) is 6.43. The van der Waals surface area contributed by atoms with Crippen LogP contribution in [-0.2, 0) is 22.3 Å². The van der Waals surface area contributed by atoms with Gasteiger partial charge in [-0.05, 0) is 35.4 Å². The number of rotatable bonds is 5. The smallest absolute Gasteiger partial charge is 0.218 e. The van der Waals surface area contributed by atoms with Gasteiger partial charge in [0.1, 0.15) is 5.75 Å². The van der Waals surface area contributed by atoms with Crippen LogP contribution in [-0.4, -0.2) is 24.9 Å². The topological polar surface area (TPSA) is 83.6 Å². The van der Waals surface area contributed by atoms with Gasteiger partial charge in [0.2, 0.25) is 10.0 Å². The van der Waals surface area contributed by atoms with Crippen LogP contribution in [0, 0.1) is 0 Å². The Kier molecular flexibility index (Phi) is 4.50. The second-order valence-electron chi connectivity index (χ2n) is 4.92. The highest BCUT2D eigenvalue weighted by molar-refractivity contribution is 7.88. The number of nitrogens with two attached hydrogens (primary N) is 1. The fraction of sp³-hybridized carbons (Fsp3) is 0.200. The number of hydrogen-bond donors (Lipinski definition) is 2. The monoisotopic (exact) mass is 306 g/mol. The summed E-state index contributed by atoms with van der Waals surface area (Å²) in [6, 6.07) is 13.3. The lowest BCUT2D eigenvalue weighted by Crippen LogP contribution is -2.27. The van der Waals surface area contributed by atoms with Crippen molar-refractivity contribution in [3.63, 3.8) is 0 Å². The fourth-order valence-electron chi connectivity index (χ4n) is 1.94. The molecule has 0 atom stereocenters. The van der Waals surface area contributed by atoms with Crippen molar-refractivity contribution in [2.45, 2.75) is 12.3 Å². The normalized spacial score (nSPS) is 11.7. The van der Waals surface area contributed by atoms with Gasteiger partial charge in [-0.25, -0.2) is 12.7 Å². The van der Waals surface area contributed by atoms with E-state index < -0.39 is 10.0 Å². The molecule has 0 saturated heterocycles. The van der Waals surface area contributed by atoms with Gasteiger partial charge < -0.3 is 10.8 Å². The van der Waals surface area contributed by atoms with Crippen molar-refractivity contribution in [1.82, 2.24) is 4.31 Å². The third-order valence-corrected chi connectivity index (χ3v) is 4.90. The van der Waals surface area contributed by atoms with Crippen molar-refractivity contribution in [2.24, 2.45) is 0 Å². The minimum Gasteiger partial charge on any atom is -0.508 e. The summed E-state index contributed by atoms with van der Waals surface area (Å²) in [6.07, 6.45) is 0. The Morgan fingerprint density at radius 2 is 1.76 bits per heavy atom. The molecule has 2 aromatic carbocycles. The van der Waals surface area contributed by atoms with E-state index in [1.165, 1.54) is 11.4 Å². The molecule has 0 fully saturated rings. The maximum Gasteiger partial charge on any atom is 0.218 e. The number of phenolic OH excluding ortho intramolecular Hbond substituents is 1. The number of aromatic hydroxyl groups is 1. The number of hydrogen-bond acceptors (Lipinski definition) is 4. The molecule has 0 heterocycles. The van der Waals surface area contributed by atoms with E-state index in [4.69, 9.17) is 5.73 Å². The predicted molar refractivity (Wildman–Crippen MR) is 83.1 cm³/mol. The first-order chi connectivity index (χ1) is 9.87. The molecule has 0 unspecified atom stereocenters. The van der Waals surface area contributed by atoms with E-state index in [2.05, 4.69) is 0 Å². The van der Waals surface area contributed by atoms with Gasteiger partial charge in [-0.15, -0.1) is 0 Å². The van der Waals surface area contributed by atoms with Gasteiger partial charge in [-0.3, -0.25) is 0 Å². The minimum atomic E-state index is -3.43. The molecule has 0 spiro atoms. The van der Waals surface area contributed by atoms with E-state index in [1.54, 1.807) is 48.5 Å². The molecule has 0 aliphatic carbocycles. The van der Waals surface area contributed by atoms with Crippen LogP contribution in [0.1, 0.15) is 11.1 Å². The van der Waals surface area contributed by atoms with Crippen LogP contribution in [0.4, 0.5) is 5.69 Å². The zero-order valence-corrected chi connectivity index (χ0v) is 12.5. The van der Waals surface area contributed by atoms with Crippen molar-refractivity contribution < 1.29 is 13.5 Å². The van der Waals surface area contributed by atoms with E-state index in [-0.39, 0.29) is 18.0 Å². The molecule has 0 saturated carbocycles. The largest absolute Gasteiger partial charge is 0.508 e. The highest BCUT2D eigenvalue weighted by Gasteiger charge is 2.18. The zero-order chi connectivity index (χ0) is 15.5. The molecule has 0 aliphatic rings. The Balaban J connectivity index is 2.09. The summed E-state index contributed by atoms with van der Waals surface area (Å²) < 4.78 is 25.9. The molecule has 2 rings (SSSR count). The van der Waals surface area contributed by atoms with Gasteiger partial charge in [0.05, 0.1) is 5.75 Å². The third kappa shape index (κ3) is 4.21. The van der Waals surface area contributed by atoms with Crippen LogP contribution in [0.2, 0.25) is 0 Å². The number of phenols is 1. The highest BCUT2D eigenvalue weighted by Crippen LogP contribution is 2.16. The number of benzene rings is 2. The van der Waals surface area contributed by atoms with Gasteiger partial charge in [0.25, 0.3) is 0 Å². The molecule has 6 heteroatoms. The van der Waals surface area contributed by atoms with Crippen LogP contribution in [0.5, 0.6) is 5.75 Å². The highest BCUT2D eigenvalue weighted by atomic mass is 32.2. The van der Waals surface area contributed by atoms with E-state index in [0.717, 1.165) is 5.56 Å². The molecular weight excluding hydrogens is 288 g/mol. The standard InChI is InChI=1S/C15H18N2O3S/c1-17(10-13-3-2-4-15(18)9-13)21(19,20)11-12-5-7-14(16)8-6-12/h2-9,18H,10-11,16H2,1H3. The Morgan fingerprint density at radius 3 is 2.38 bits per heavy atom. The van der Waals surface area contributed by atoms with Crippen molar-refractivity contribution in [3.05, 3.63) is 59.7 Å². The SMILES string of the molecule is CN(Cc1cccc(O)c1)S(=O)(=O)Cc1ccc(N)cc1. The molecule has 0 amide bonds. The van der Waals surface area contributed by atoms with Crippen LogP contribution in [0.25, 0.3) is 0 Å². The molecule has 0 aliphatic heterocycles. The van der Waals surface area contributed by atoms with Crippen molar-refractivity contribution in [3.8, 4) is 5.75 Å². The first-order valence-corrected chi connectivity index (χ1v) is 8.04. The summed E-state index contributed by atoms with van der Waals surface area (Å²) in [5.41, 5.74) is 7.61. The molecule has 112 valence electrons. The van der Waals surface area contributed by atoms with E-state index in [0.29, 0.717) is 11.3 Å². The summed E-state index contributed by atoms with van der Waals surface area (Å²) in [5.74, 6) is 0.0413. The average molecular weight is 306 g/mol. The van der Waals surface area contributed by atoms with E-state index in [1.807, 2.05) is 0 Å². The van der Waals surface area contributed by atoms with Crippen molar-refractivity contribution in [1.29, 1.82) is 0 Å². The van der Waals surface area contributed by atoms with Crippen LogP contribution < -0.4 is 5.73 Å². The number of nitrogens with zero attached hydrogens (tertiary/aromatic N) is 1. The Morgan fingerprint density at radius 1 is 1.10 bits per heavy atom. The molecule has 0 radical (unpaired) electrons. The zero-order valence-electron chi connectivity index (χ0n) is 11.7. The lowest BCUT2D eigenvalue weighted by atomic mass is 10.2. The van der Waals surface area contributed by atoms with Gasteiger partial charge in [0.15, 0.2) is 0 Å². The number of nitrogen functional groups attached to an aromatic ring is 1. The fourth-order valence-corrected chi connectivity index (χ4v) is 3.12. The number of anilines is 1. The van der Waals surface area contributed by atoms with E-state index in [9.17, 15) is 13.5 Å². The maximum atomic E-state index is 12.3. The lowest BCUT2D eigenvalue weighted by molar-refractivity contribution is 0.457. The van der Waals surface area contributed by atoms with Gasteiger partial charge >= 0.3 is 0 Å². The van der Waals surface area contributed by atoms with E-state index >= 15 is 0 Å². The molecule has 2 aromatic rings. The summed E-state index contributed by atoms with van der Waals surface area (Å²) in [5, 5.41) is 9.41. The predicted octanol–water partition coefficient (Wildman–Crippen LogP) is 1.94. The molecule has 21 heavy (non-hydrogen) atoms. The second-order valence-corrected chi connectivity index (χ2v) is 7.00. The average Bonchev–Trinajstić information content (AvgIpc) is 2.41. The maximum absolute atomic E-state index is 12.3. The second kappa shape index (κ2) is 6.15.